The highest BCUT2D eigenvalue weighted by Crippen LogP contribution is 2.38. The van der Waals surface area contributed by atoms with Crippen molar-refractivity contribution in [1.29, 1.82) is 0 Å². The molecular weight excluding hydrogens is 853 g/mol. The normalized spacial score (nSPS) is 28.1. The zero-order valence-electron chi connectivity index (χ0n) is 32.9. The van der Waals surface area contributed by atoms with Crippen molar-refractivity contribution in [1.82, 2.24) is 9.80 Å². The Labute approximate surface area is 353 Å². The molecule has 0 N–H and O–H groups in total. The van der Waals surface area contributed by atoms with Crippen molar-refractivity contribution < 1.29 is 85.7 Å². The fourth-order valence-electron chi connectivity index (χ4n) is 5.99. The second kappa shape index (κ2) is 22.5. The third-order valence-electron chi connectivity index (χ3n) is 8.13. The maximum absolute atomic E-state index is 12.3. The van der Waals surface area contributed by atoms with Crippen molar-refractivity contribution in [2.24, 2.45) is 0 Å². The van der Waals surface area contributed by atoms with Crippen LogP contribution in [0.15, 0.2) is 0 Å². The summed E-state index contributed by atoms with van der Waals surface area (Å²) in [7, 11) is 0. The van der Waals surface area contributed by atoms with E-state index < -0.39 is 121 Å². The Morgan fingerprint density at radius 2 is 0.707 bits per heavy atom. The molecule has 3 aliphatic rings. The SMILES string of the molecule is CC(=O)OC[C@H]1O[C@H](SC(=S)N2CCN(C(=S)S[C@H]3O[C@H](COC(C)=O)[C@H](OC(C)=O)[C@H](OC(C)=O)[C@H]3OC(C)=O)CC2)[C@H](OC(C)=O)[C@@H](OC(C)=O)[C@H]1OC(C)=O. The van der Waals surface area contributed by atoms with Crippen LogP contribution in [0, 0.1) is 0 Å². The third-order valence-corrected chi connectivity index (χ3v) is 11.4. The number of nitrogens with zero attached hydrogens (tertiary/aromatic N) is 2. The number of piperazine rings is 1. The zero-order chi connectivity index (χ0) is 43.4. The summed E-state index contributed by atoms with van der Waals surface area (Å²) in [5.41, 5.74) is -2.24. The zero-order valence-corrected chi connectivity index (χ0v) is 36.2. The summed E-state index contributed by atoms with van der Waals surface area (Å²) in [6, 6.07) is 0. The summed E-state index contributed by atoms with van der Waals surface area (Å²) in [5, 5.41) is 0. The molecule has 0 aromatic rings. The Morgan fingerprint density at radius 3 is 0.966 bits per heavy atom. The molecule has 3 rings (SSSR count). The average Bonchev–Trinajstić information content (AvgIpc) is 3.10. The monoisotopic (exact) mass is 898 g/mol. The van der Waals surface area contributed by atoms with Gasteiger partial charge in [-0.1, -0.05) is 48.0 Å². The fourth-order valence-corrected chi connectivity index (χ4v) is 9.07. The van der Waals surface area contributed by atoms with Crippen LogP contribution in [-0.4, -0.2) is 165 Å². The number of hydrogen-bond donors (Lipinski definition) is 0. The van der Waals surface area contributed by atoms with Crippen LogP contribution >= 0.6 is 48.0 Å². The molecule has 0 radical (unpaired) electrons. The van der Waals surface area contributed by atoms with Gasteiger partial charge in [-0.15, -0.1) is 0 Å². The first-order chi connectivity index (χ1) is 27.2. The van der Waals surface area contributed by atoms with Crippen LogP contribution < -0.4 is 0 Å². The average molecular weight is 899 g/mol. The second-order valence-corrected chi connectivity index (χ2v) is 16.3. The highest BCUT2D eigenvalue weighted by molar-refractivity contribution is 8.23. The molecule has 3 fully saturated rings. The van der Waals surface area contributed by atoms with Crippen LogP contribution in [-0.2, 0) is 85.7 Å². The number of ether oxygens (including phenoxy) is 10. The first-order valence-electron chi connectivity index (χ1n) is 17.7. The molecule has 10 atom stereocenters. The lowest BCUT2D eigenvalue weighted by atomic mass is 9.99. The van der Waals surface area contributed by atoms with E-state index in [0.29, 0.717) is 34.8 Å². The predicted octanol–water partition coefficient (Wildman–Crippen LogP) is 0.806. The molecular formula is C34H46N2O18S4. The minimum Gasteiger partial charge on any atom is -0.463 e. The van der Waals surface area contributed by atoms with Gasteiger partial charge in [0.15, 0.2) is 47.5 Å². The van der Waals surface area contributed by atoms with Gasteiger partial charge in [0.05, 0.1) is 0 Å². The topological polar surface area (TPSA) is 235 Å². The molecule has 3 heterocycles. The molecule has 0 aromatic carbocycles. The van der Waals surface area contributed by atoms with Crippen LogP contribution in [0.5, 0.6) is 0 Å². The van der Waals surface area contributed by atoms with Gasteiger partial charge in [-0.05, 0) is 0 Å². The molecule has 324 valence electrons. The maximum Gasteiger partial charge on any atom is 0.303 e. The van der Waals surface area contributed by atoms with Gasteiger partial charge in [-0.25, -0.2) is 0 Å². The Hall–Kier alpha value is -3.84. The molecule has 24 heteroatoms. The largest absolute Gasteiger partial charge is 0.463 e. The van der Waals surface area contributed by atoms with Crippen LogP contribution in [0.2, 0.25) is 0 Å². The molecule has 0 bridgehead atoms. The summed E-state index contributed by atoms with van der Waals surface area (Å²) in [4.78, 5) is 100. The summed E-state index contributed by atoms with van der Waals surface area (Å²) < 4.78 is 56.2. The molecule has 0 amide bonds. The second-order valence-electron chi connectivity index (χ2n) is 12.9. The van der Waals surface area contributed by atoms with Crippen LogP contribution in [0.4, 0.5) is 0 Å². The highest BCUT2D eigenvalue weighted by atomic mass is 32.2. The lowest BCUT2D eigenvalue weighted by Gasteiger charge is -2.45. The van der Waals surface area contributed by atoms with Gasteiger partial charge >= 0.3 is 47.8 Å². The van der Waals surface area contributed by atoms with Crippen LogP contribution in [0.3, 0.4) is 0 Å². The fraction of sp³-hybridized carbons (Fsp3) is 0.706. The Bertz CT molecular complexity index is 1480. The lowest BCUT2D eigenvalue weighted by molar-refractivity contribution is -0.237. The number of hydrogen-bond acceptors (Lipinski definition) is 22. The van der Waals surface area contributed by atoms with E-state index in [2.05, 4.69) is 0 Å². The molecule has 3 saturated heterocycles. The van der Waals surface area contributed by atoms with Crippen molar-refractivity contribution in [2.45, 2.75) is 115 Å². The molecule has 0 saturated carbocycles. The van der Waals surface area contributed by atoms with E-state index >= 15 is 0 Å². The third kappa shape index (κ3) is 14.8. The lowest BCUT2D eigenvalue weighted by Crippen LogP contribution is -2.62. The number of thiocarbonyl (C=S) groups is 2. The van der Waals surface area contributed by atoms with Gasteiger partial charge < -0.3 is 57.2 Å². The minimum absolute atomic E-state index is 0.290. The van der Waals surface area contributed by atoms with E-state index in [1.807, 2.05) is 9.80 Å². The Balaban J connectivity index is 1.79. The van der Waals surface area contributed by atoms with Crippen LogP contribution in [0.25, 0.3) is 0 Å². The quantitative estimate of drug-likeness (QED) is 0.150. The van der Waals surface area contributed by atoms with E-state index in [4.69, 9.17) is 71.8 Å². The number of rotatable bonds is 12. The molecule has 0 aromatic heterocycles. The Morgan fingerprint density at radius 1 is 0.448 bits per heavy atom. The van der Waals surface area contributed by atoms with E-state index in [1.165, 1.54) is 13.8 Å². The molecule has 3 aliphatic heterocycles. The van der Waals surface area contributed by atoms with Crippen molar-refractivity contribution in [3.63, 3.8) is 0 Å². The molecule has 58 heavy (non-hydrogen) atoms. The Kier molecular flexibility index (Phi) is 18.8. The van der Waals surface area contributed by atoms with E-state index in [-0.39, 0.29) is 0 Å². The first-order valence-corrected chi connectivity index (χ1v) is 20.3. The van der Waals surface area contributed by atoms with Crippen LogP contribution in [0.1, 0.15) is 55.4 Å². The number of carbonyl (C=O) groups is 8. The van der Waals surface area contributed by atoms with Crippen molar-refractivity contribution in [3.05, 3.63) is 0 Å². The number of carbonyl (C=O) groups excluding carboxylic acids is 8. The van der Waals surface area contributed by atoms with Gasteiger partial charge in [0.25, 0.3) is 0 Å². The minimum atomic E-state index is -1.36. The van der Waals surface area contributed by atoms with Gasteiger partial charge in [-0.2, -0.15) is 0 Å². The smallest absolute Gasteiger partial charge is 0.303 e. The standard InChI is InChI=1S/C34H46N2O18S4/c1-15(37)45-13-23-25(47-17(3)39)27(49-19(5)41)29(51-21(7)43)31(53-23)57-33(55)35-9-11-36(12-10-35)34(56)58-32-30(52-22(8)44)28(50-20(6)42)26(48-18(4)40)24(54-32)14-46-16(2)38/h23-32H,9-14H2,1-8H3/t23-,24-,25+,26+,27+,28+,29-,30-,31-,32-/m1/s1. The molecule has 0 unspecified atom stereocenters. The van der Waals surface area contributed by atoms with Gasteiger partial charge in [0, 0.05) is 81.6 Å². The van der Waals surface area contributed by atoms with E-state index in [9.17, 15) is 38.4 Å². The van der Waals surface area contributed by atoms with Crippen molar-refractivity contribution in [2.75, 3.05) is 39.4 Å². The molecule has 0 spiro atoms. The van der Waals surface area contributed by atoms with Crippen molar-refractivity contribution in [3.8, 4) is 0 Å². The van der Waals surface area contributed by atoms with Gasteiger partial charge in [0.1, 0.15) is 34.1 Å². The predicted molar refractivity (Wildman–Crippen MR) is 207 cm³/mol. The maximum atomic E-state index is 12.3. The molecule has 0 aliphatic carbocycles. The summed E-state index contributed by atoms with van der Waals surface area (Å²) in [5.74, 6) is -5.87. The van der Waals surface area contributed by atoms with Crippen molar-refractivity contribution >= 4 is 104 Å². The first kappa shape index (κ1) is 48.5. The van der Waals surface area contributed by atoms with E-state index in [0.717, 1.165) is 65.1 Å². The summed E-state index contributed by atoms with van der Waals surface area (Å²) in [6.07, 6.45) is -10.3. The summed E-state index contributed by atoms with van der Waals surface area (Å²) >= 11 is 13.5. The number of esters is 8. The highest BCUT2D eigenvalue weighted by Gasteiger charge is 2.54. The molecule has 20 nitrogen and oxygen atoms in total. The van der Waals surface area contributed by atoms with E-state index in [1.54, 1.807) is 0 Å². The van der Waals surface area contributed by atoms with Gasteiger partial charge in [0.2, 0.25) is 0 Å². The number of thioether (sulfide) groups is 2. The summed E-state index contributed by atoms with van der Waals surface area (Å²) in [6.45, 7) is 9.58. The van der Waals surface area contributed by atoms with Gasteiger partial charge in [-0.3, -0.25) is 38.4 Å².